The number of carbonyl (C=O) groups is 2. The summed E-state index contributed by atoms with van der Waals surface area (Å²) in [6.45, 7) is 6.58. The summed E-state index contributed by atoms with van der Waals surface area (Å²) in [5.41, 5.74) is -0.610. The molecule has 0 bridgehead atoms. The Bertz CT molecular complexity index is 289. The van der Waals surface area contributed by atoms with Gasteiger partial charge in [-0.15, -0.1) is 11.6 Å². The first kappa shape index (κ1) is 14.9. The highest BCUT2D eigenvalue weighted by Gasteiger charge is 2.29. The Morgan fingerprint density at radius 1 is 1.06 bits per heavy atom. The summed E-state index contributed by atoms with van der Waals surface area (Å²) < 4.78 is 9.50. The first-order valence-electron chi connectivity index (χ1n) is 4.89. The fourth-order valence-electron chi connectivity index (χ4n) is 0.791. The van der Waals surface area contributed by atoms with E-state index in [1.807, 2.05) is 0 Å². The van der Waals surface area contributed by atoms with Crippen molar-refractivity contribution >= 4 is 29.3 Å². The van der Waals surface area contributed by atoms with Gasteiger partial charge in [0, 0.05) is 0 Å². The van der Waals surface area contributed by atoms with Crippen LogP contribution in [0.25, 0.3) is 0 Å². The van der Waals surface area contributed by atoms with Crippen LogP contribution in [0.5, 0.6) is 0 Å². The third-order valence-electron chi connectivity index (χ3n) is 1.37. The predicted molar refractivity (Wildman–Crippen MR) is 59.8 cm³/mol. The summed E-state index contributed by atoms with van der Waals surface area (Å²) in [5, 5.41) is 5.94. The van der Waals surface area contributed by atoms with Gasteiger partial charge in [0.2, 0.25) is 0 Å². The molecule has 92 valence electrons. The third kappa shape index (κ3) is 5.11. The largest absolute Gasteiger partial charge is 0.462 e. The molecule has 0 amide bonds. The summed E-state index contributed by atoms with van der Waals surface area (Å²) >= 11 is 5.60. The SMILES string of the molecule is CC(C)OC(=O)C(=N)C(Cl)C(=O)OC(C)C. The summed E-state index contributed by atoms with van der Waals surface area (Å²) in [6, 6.07) is 0. The lowest BCUT2D eigenvalue weighted by Gasteiger charge is -2.13. The van der Waals surface area contributed by atoms with Gasteiger partial charge in [-0.2, -0.15) is 0 Å². The number of nitrogens with one attached hydrogen (secondary N) is 1. The van der Waals surface area contributed by atoms with E-state index >= 15 is 0 Å². The van der Waals surface area contributed by atoms with E-state index in [0.29, 0.717) is 0 Å². The third-order valence-corrected chi connectivity index (χ3v) is 1.77. The Labute approximate surface area is 99.6 Å². The number of hydrogen-bond donors (Lipinski definition) is 1. The predicted octanol–water partition coefficient (Wildman–Crippen LogP) is 1.52. The second-order valence-corrected chi connectivity index (χ2v) is 4.15. The molecule has 0 aliphatic rings. The molecule has 0 aromatic heterocycles. The fraction of sp³-hybridized carbons (Fsp3) is 0.700. The van der Waals surface area contributed by atoms with Crippen molar-refractivity contribution in [2.45, 2.75) is 45.3 Å². The van der Waals surface area contributed by atoms with Crippen molar-refractivity contribution in [2.75, 3.05) is 0 Å². The van der Waals surface area contributed by atoms with Gasteiger partial charge in [0.05, 0.1) is 12.2 Å². The molecule has 0 spiro atoms. The highest BCUT2D eigenvalue weighted by atomic mass is 35.5. The van der Waals surface area contributed by atoms with E-state index in [1.54, 1.807) is 27.7 Å². The average molecular weight is 250 g/mol. The van der Waals surface area contributed by atoms with Crippen LogP contribution in [0.2, 0.25) is 0 Å². The van der Waals surface area contributed by atoms with Crippen LogP contribution in [0.4, 0.5) is 0 Å². The Hall–Kier alpha value is -1.10. The minimum atomic E-state index is -1.42. The molecular formula is C10H16ClNO4. The Balaban J connectivity index is 4.38. The molecule has 1 N–H and O–H groups in total. The minimum Gasteiger partial charge on any atom is -0.462 e. The molecule has 0 saturated heterocycles. The van der Waals surface area contributed by atoms with Crippen molar-refractivity contribution in [2.24, 2.45) is 0 Å². The Morgan fingerprint density at radius 2 is 1.50 bits per heavy atom. The van der Waals surface area contributed by atoms with Gasteiger partial charge in [0.15, 0.2) is 5.38 Å². The fourth-order valence-corrected chi connectivity index (χ4v) is 0.931. The van der Waals surface area contributed by atoms with E-state index in [2.05, 4.69) is 0 Å². The molecule has 0 radical (unpaired) electrons. The normalized spacial score (nSPS) is 12.4. The standard InChI is InChI=1S/C10H16ClNO4/c1-5(2)15-9(13)7(11)8(12)10(14)16-6(3)4/h5-7,12H,1-4H3. The maximum atomic E-state index is 11.3. The van der Waals surface area contributed by atoms with Gasteiger partial charge in [0.25, 0.3) is 0 Å². The van der Waals surface area contributed by atoms with Crippen LogP contribution in [0.15, 0.2) is 0 Å². The van der Waals surface area contributed by atoms with E-state index in [4.69, 9.17) is 26.5 Å². The minimum absolute atomic E-state index is 0.345. The van der Waals surface area contributed by atoms with Gasteiger partial charge in [0.1, 0.15) is 5.71 Å². The summed E-state index contributed by atoms with van der Waals surface area (Å²) in [4.78, 5) is 22.5. The molecule has 0 fully saturated rings. The summed E-state index contributed by atoms with van der Waals surface area (Å²) in [6.07, 6.45) is -0.708. The van der Waals surface area contributed by atoms with Gasteiger partial charge < -0.3 is 9.47 Å². The zero-order chi connectivity index (χ0) is 12.9. The van der Waals surface area contributed by atoms with Crippen molar-refractivity contribution in [3.63, 3.8) is 0 Å². The van der Waals surface area contributed by atoms with Crippen molar-refractivity contribution in [3.8, 4) is 0 Å². The van der Waals surface area contributed by atoms with Gasteiger partial charge in [-0.05, 0) is 27.7 Å². The van der Waals surface area contributed by atoms with E-state index in [9.17, 15) is 9.59 Å². The number of alkyl halides is 1. The van der Waals surface area contributed by atoms with Crippen LogP contribution >= 0.6 is 11.6 Å². The lowest BCUT2D eigenvalue weighted by molar-refractivity contribution is -0.147. The van der Waals surface area contributed by atoms with Crippen LogP contribution in [0, 0.1) is 5.41 Å². The van der Waals surface area contributed by atoms with Crippen LogP contribution in [0.1, 0.15) is 27.7 Å². The van der Waals surface area contributed by atoms with Gasteiger partial charge in [-0.3, -0.25) is 10.2 Å². The highest BCUT2D eigenvalue weighted by Crippen LogP contribution is 2.06. The number of halogens is 1. The van der Waals surface area contributed by atoms with E-state index < -0.39 is 23.0 Å². The number of ether oxygens (including phenoxy) is 2. The molecule has 0 rings (SSSR count). The average Bonchev–Trinajstić information content (AvgIpc) is 2.13. The number of esters is 2. The molecule has 0 saturated carbocycles. The molecule has 0 heterocycles. The quantitative estimate of drug-likeness (QED) is 0.455. The molecule has 1 atom stereocenters. The van der Waals surface area contributed by atoms with E-state index in [-0.39, 0.29) is 12.2 Å². The summed E-state index contributed by atoms with van der Waals surface area (Å²) in [7, 11) is 0. The second kappa shape index (κ2) is 6.48. The van der Waals surface area contributed by atoms with Crippen LogP contribution in [-0.4, -0.2) is 35.2 Å². The van der Waals surface area contributed by atoms with E-state index in [0.717, 1.165) is 0 Å². The number of hydrogen-bond acceptors (Lipinski definition) is 5. The van der Waals surface area contributed by atoms with Crippen LogP contribution < -0.4 is 0 Å². The van der Waals surface area contributed by atoms with Crippen molar-refractivity contribution in [1.82, 2.24) is 0 Å². The molecule has 1 unspecified atom stereocenters. The van der Waals surface area contributed by atoms with Gasteiger partial charge >= 0.3 is 11.9 Å². The highest BCUT2D eigenvalue weighted by molar-refractivity contribution is 6.54. The number of carbonyl (C=O) groups excluding carboxylic acids is 2. The zero-order valence-electron chi connectivity index (χ0n) is 9.74. The molecule has 0 aromatic rings. The first-order valence-corrected chi connectivity index (χ1v) is 5.33. The van der Waals surface area contributed by atoms with Crippen molar-refractivity contribution < 1.29 is 19.1 Å². The van der Waals surface area contributed by atoms with Gasteiger partial charge in [-0.1, -0.05) is 0 Å². The maximum Gasteiger partial charge on any atom is 0.354 e. The molecule has 6 heteroatoms. The smallest absolute Gasteiger partial charge is 0.354 e. The molecule has 5 nitrogen and oxygen atoms in total. The zero-order valence-corrected chi connectivity index (χ0v) is 10.5. The second-order valence-electron chi connectivity index (χ2n) is 3.72. The van der Waals surface area contributed by atoms with Crippen LogP contribution in [-0.2, 0) is 19.1 Å². The lowest BCUT2D eigenvalue weighted by atomic mass is 10.2. The topological polar surface area (TPSA) is 76.5 Å². The van der Waals surface area contributed by atoms with Crippen LogP contribution in [0.3, 0.4) is 0 Å². The van der Waals surface area contributed by atoms with Crippen molar-refractivity contribution in [1.29, 1.82) is 5.41 Å². The van der Waals surface area contributed by atoms with E-state index in [1.165, 1.54) is 0 Å². The Kier molecular flexibility index (Phi) is 6.03. The molecule has 0 aromatic carbocycles. The molecule has 0 aliphatic heterocycles. The number of rotatable bonds is 5. The lowest BCUT2D eigenvalue weighted by Crippen LogP contribution is -2.35. The monoisotopic (exact) mass is 249 g/mol. The maximum absolute atomic E-state index is 11.3. The molecule has 16 heavy (non-hydrogen) atoms. The molecule has 0 aliphatic carbocycles. The van der Waals surface area contributed by atoms with Crippen molar-refractivity contribution in [3.05, 3.63) is 0 Å². The van der Waals surface area contributed by atoms with Gasteiger partial charge in [-0.25, -0.2) is 4.79 Å². The Morgan fingerprint density at radius 3 is 1.88 bits per heavy atom. The first-order chi connectivity index (χ1) is 7.25. The molecular weight excluding hydrogens is 234 g/mol. The summed E-state index contributed by atoms with van der Waals surface area (Å²) in [5.74, 6) is -1.72.